The van der Waals surface area contributed by atoms with Gasteiger partial charge >= 0.3 is 0 Å². The van der Waals surface area contributed by atoms with Crippen molar-refractivity contribution in [2.75, 3.05) is 5.32 Å². The molecule has 2 aromatic carbocycles. The molecule has 0 aliphatic rings. The molecule has 0 aliphatic heterocycles. The van der Waals surface area contributed by atoms with Crippen molar-refractivity contribution in [1.82, 2.24) is 10.2 Å². The van der Waals surface area contributed by atoms with E-state index in [2.05, 4.69) is 15.5 Å². The Hall–Kier alpha value is -3.00. The third-order valence-corrected chi connectivity index (χ3v) is 3.20. The first kappa shape index (κ1) is 13.0. The predicted octanol–water partition coefficient (Wildman–Crippen LogP) is 3.25. The van der Waals surface area contributed by atoms with Gasteiger partial charge in [-0.3, -0.25) is 0 Å². The molecule has 0 bridgehead atoms. The molecule has 0 aliphatic carbocycles. The number of hydrogen-bond acceptors (Lipinski definition) is 4. The second kappa shape index (κ2) is 5.55. The van der Waals surface area contributed by atoms with Crippen LogP contribution < -0.4 is 5.32 Å². The summed E-state index contributed by atoms with van der Waals surface area (Å²) in [7, 11) is 0. The zero-order valence-electron chi connectivity index (χ0n) is 11.0. The number of fused-ring (bicyclic) bond motifs is 1. The molecule has 0 spiro atoms. The molecule has 3 aromatic rings. The van der Waals surface area contributed by atoms with E-state index >= 15 is 0 Å². The Bertz CT molecular complexity index is 834. The number of anilines is 1. The van der Waals surface area contributed by atoms with E-state index < -0.39 is 5.82 Å². The first-order valence-electron chi connectivity index (χ1n) is 6.41. The molecule has 0 saturated carbocycles. The Morgan fingerprint density at radius 1 is 1.19 bits per heavy atom. The van der Waals surface area contributed by atoms with Crippen molar-refractivity contribution in [3.05, 3.63) is 65.6 Å². The lowest BCUT2D eigenvalue weighted by molar-refractivity contribution is 0.612. The molecule has 0 fully saturated rings. The lowest BCUT2D eigenvalue weighted by atomic mass is 10.1. The number of benzene rings is 2. The van der Waals surface area contributed by atoms with Gasteiger partial charge < -0.3 is 5.32 Å². The van der Waals surface area contributed by atoms with Crippen LogP contribution in [-0.4, -0.2) is 10.2 Å². The third-order valence-electron chi connectivity index (χ3n) is 3.20. The molecule has 1 N–H and O–H groups in total. The van der Waals surface area contributed by atoms with Crippen LogP contribution in [0.15, 0.2) is 48.7 Å². The van der Waals surface area contributed by atoms with E-state index in [4.69, 9.17) is 5.26 Å². The Balaban J connectivity index is 1.86. The summed E-state index contributed by atoms with van der Waals surface area (Å²) in [6.07, 6.45) is 1.68. The molecule has 0 atom stereocenters. The van der Waals surface area contributed by atoms with Gasteiger partial charge in [-0.2, -0.15) is 10.4 Å². The van der Waals surface area contributed by atoms with E-state index in [1.54, 1.807) is 18.3 Å². The molecule has 0 unspecified atom stereocenters. The summed E-state index contributed by atoms with van der Waals surface area (Å²) in [6.45, 7) is 0.278. The standard InChI is InChI=1S/C16H11FN4/c17-15-7-11(8-18)5-6-13(15)9-19-16-14-4-2-1-3-12(14)10-20-21-16/h1-7,10H,9H2,(H,19,21). The van der Waals surface area contributed by atoms with Gasteiger partial charge in [-0.15, -0.1) is 5.10 Å². The Morgan fingerprint density at radius 3 is 2.86 bits per heavy atom. The van der Waals surface area contributed by atoms with Crippen molar-refractivity contribution in [3.63, 3.8) is 0 Å². The SMILES string of the molecule is N#Cc1ccc(CNc2nncc3ccccc23)c(F)c1. The number of nitrogens with zero attached hydrogens (tertiary/aromatic N) is 3. The second-order valence-electron chi connectivity index (χ2n) is 4.55. The first-order chi connectivity index (χ1) is 10.3. The Kier molecular flexibility index (Phi) is 3.44. The van der Waals surface area contributed by atoms with Gasteiger partial charge in [0.2, 0.25) is 0 Å². The first-order valence-corrected chi connectivity index (χ1v) is 6.41. The Labute approximate surface area is 120 Å². The molecule has 5 heteroatoms. The highest BCUT2D eigenvalue weighted by Crippen LogP contribution is 2.20. The molecule has 4 nitrogen and oxygen atoms in total. The second-order valence-corrected chi connectivity index (χ2v) is 4.55. The molecule has 1 aromatic heterocycles. The largest absolute Gasteiger partial charge is 0.364 e. The molecule has 3 rings (SSSR count). The van der Waals surface area contributed by atoms with E-state index in [1.165, 1.54) is 6.07 Å². The van der Waals surface area contributed by atoms with Crippen molar-refractivity contribution < 1.29 is 4.39 Å². The normalized spacial score (nSPS) is 10.3. The number of hydrogen-bond donors (Lipinski definition) is 1. The zero-order chi connectivity index (χ0) is 14.7. The lowest BCUT2D eigenvalue weighted by Crippen LogP contribution is -2.05. The number of aromatic nitrogens is 2. The van der Waals surface area contributed by atoms with Crippen LogP contribution in [0.5, 0.6) is 0 Å². The predicted molar refractivity (Wildman–Crippen MR) is 78.0 cm³/mol. The molecule has 21 heavy (non-hydrogen) atoms. The summed E-state index contributed by atoms with van der Waals surface area (Å²) < 4.78 is 13.8. The maximum atomic E-state index is 13.8. The highest BCUT2D eigenvalue weighted by molar-refractivity contribution is 5.90. The third kappa shape index (κ3) is 2.65. The van der Waals surface area contributed by atoms with Crippen molar-refractivity contribution in [3.8, 4) is 6.07 Å². The monoisotopic (exact) mass is 278 g/mol. The van der Waals surface area contributed by atoms with E-state index in [1.807, 2.05) is 30.3 Å². The minimum absolute atomic E-state index is 0.278. The van der Waals surface area contributed by atoms with Crippen molar-refractivity contribution in [1.29, 1.82) is 5.26 Å². The molecular weight excluding hydrogens is 267 g/mol. The number of nitrogens with one attached hydrogen (secondary N) is 1. The van der Waals surface area contributed by atoms with Crippen molar-refractivity contribution in [2.24, 2.45) is 0 Å². The quantitative estimate of drug-likeness (QED) is 0.798. The van der Waals surface area contributed by atoms with E-state index in [-0.39, 0.29) is 6.54 Å². The van der Waals surface area contributed by atoms with Gasteiger partial charge in [0, 0.05) is 22.9 Å². The molecule has 0 amide bonds. The van der Waals surface area contributed by atoms with E-state index in [0.29, 0.717) is 16.9 Å². The Morgan fingerprint density at radius 2 is 2.05 bits per heavy atom. The van der Waals surface area contributed by atoms with Crippen molar-refractivity contribution in [2.45, 2.75) is 6.54 Å². The van der Waals surface area contributed by atoms with Crippen LogP contribution in [-0.2, 0) is 6.54 Å². The van der Waals surface area contributed by atoms with Gasteiger partial charge in [-0.1, -0.05) is 30.3 Å². The average Bonchev–Trinajstić information content (AvgIpc) is 2.53. The maximum Gasteiger partial charge on any atom is 0.156 e. The highest BCUT2D eigenvalue weighted by Gasteiger charge is 2.06. The fourth-order valence-electron chi connectivity index (χ4n) is 2.10. The minimum atomic E-state index is -0.408. The zero-order valence-corrected chi connectivity index (χ0v) is 11.0. The number of halogens is 1. The molecule has 102 valence electrons. The summed E-state index contributed by atoms with van der Waals surface area (Å²) >= 11 is 0. The van der Waals surface area contributed by atoms with Gasteiger partial charge in [0.15, 0.2) is 5.82 Å². The fourth-order valence-corrected chi connectivity index (χ4v) is 2.10. The van der Waals surface area contributed by atoms with E-state index in [9.17, 15) is 4.39 Å². The molecule has 1 heterocycles. The summed E-state index contributed by atoms with van der Waals surface area (Å²) in [5.74, 6) is 0.201. The van der Waals surface area contributed by atoms with Crippen LogP contribution in [0.1, 0.15) is 11.1 Å². The topological polar surface area (TPSA) is 61.6 Å². The van der Waals surface area contributed by atoms with E-state index in [0.717, 1.165) is 10.8 Å². The minimum Gasteiger partial charge on any atom is -0.364 e. The van der Waals surface area contributed by atoms with Crippen LogP contribution >= 0.6 is 0 Å². The van der Waals surface area contributed by atoms with Crippen LogP contribution in [0.2, 0.25) is 0 Å². The number of nitriles is 1. The molecule has 0 radical (unpaired) electrons. The van der Waals surface area contributed by atoms with Crippen LogP contribution in [0.25, 0.3) is 10.8 Å². The van der Waals surface area contributed by atoms with Crippen LogP contribution in [0.3, 0.4) is 0 Å². The molecule has 0 saturated heterocycles. The molecular formula is C16H11FN4. The lowest BCUT2D eigenvalue weighted by Gasteiger charge is -2.08. The van der Waals surface area contributed by atoms with Gasteiger partial charge in [0.1, 0.15) is 5.82 Å². The van der Waals surface area contributed by atoms with Gasteiger partial charge in [0.05, 0.1) is 17.8 Å². The summed E-state index contributed by atoms with van der Waals surface area (Å²) in [5.41, 5.74) is 0.782. The van der Waals surface area contributed by atoms with Crippen LogP contribution in [0.4, 0.5) is 10.2 Å². The van der Waals surface area contributed by atoms with Crippen molar-refractivity contribution >= 4 is 16.6 Å². The summed E-state index contributed by atoms with van der Waals surface area (Å²) in [6, 6.07) is 14.0. The van der Waals surface area contributed by atoms with Gasteiger partial charge in [-0.25, -0.2) is 4.39 Å². The fraction of sp³-hybridized carbons (Fsp3) is 0.0625. The summed E-state index contributed by atoms with van der Waals surface area (Å²) in [5, 5.41) is 21.7. The number of rotatable bonds is 3. The van der Waals surface area contributed by atoms with Gasteiger partial charge in [0.25, 0.3) is 0 Å². The summed E-state index contributed by atoms with van der Waals surface area (Å²) in [4.78, 5) is 0. The maximum absolute atomic E-state index is 13.8. The smallest absolute Gasteiger partial charge is 0.156 e. The average molecular weight is 278 g/mol. The highest BCUT2D eigenvalue weighted by atomic mass is 19.1. The van der Waals surface area contributed by atoms with Gasteiger partial charge in [-0.05, 0) is 12.1 Å². The van der Waals surface area contributed by atoms with Crippen LogP contribution in [0, 0.1) is 17.1 Å².